The van der Waals surface area contributed by atoms with Gasteiger partial charge in [-0.1, -0.05) is 11.6 Å². The van der Waals surface area contributed by atoms with Gasteiger partial charge in [-0.15, -0.1) is 0 Å². The first-order valence-corrected chi connectivity index (χ1v) is 10.9. The van der Waals surface area contributed by atoms with E-state index in [9.17, 15) is 18.0 Å². The van der Waals surface area contributed by atoms with Crippen molar-refractivity contribution in [3.63, 3.8) is 0 Å². The standard InChI is InChI=1S/C21H16ClN3O5S/c1-12(26)23-14-3-6-16(7-4-14)31(28,29)25-15-5-9-19-17(11-15)21(27)24-18-10-13(22)2-8-20(18)30-19/h2-11,25H,1H3,(H,23,26)(H,24,27). The molecule has 158 valence electrons. The quantitative estimate of drug-likeness (QED) is 0.535. The highest BCUT2D eigenvalue weighted by atomic mass is 35.5. The molecule has 0 aliphatic carbocycles. The van der Waals surface area contributed by atoms with E-state index in [-0.39, 0.29) is 27.8 Å². The maximum absolute atomic E-state index is 12.7. The fourth-order valence-corrected chi connectivity index (χ4v) is 4.21. The zero-order chi connectivity index (χ0) is 22.2. The zero-order valence-electron chi connectivity index (χ0n) is 16.1. The Morgan fingerprint density at radius 2 is 1.65 bits per heavy atom. The van der Waals surface area contributed by atoms with E-state index in [2.05, 4.69) is 15.4 Å². The predicted octanol–water partition coefficient (Wildman–Crippen LogP) is 4.46. The molecule has 2 amide bonds. The first-order chi connectivity index (χ1) is 14.7. The van der Waals surface area contributed by atoms with Crippen molar-refractivity contribution in [2.24, 2.45) is 0 Å². The third kappa shape index (κ3) is 4.47. The number of rotatable bonds is 4. The van der Waals surface area contributed by atoms with E-state index in [1.807, 2.05) is 0 Å². The van der Waals surface area contributed by atoms with E-state index in [1.165, 1.54) is 49.4 Å². The highest BCUT2D eigenvalue weighted by molar-refractivity contribution is 7.92. The van der Waals surface area contributed by atoms with Gasteiger partial charge in [0.15, 0.2) is 5.75 Å². The maximum atomic E-state index is 12.7. The Morgan fingerprint density at radius 1 is 0.968 bits per heavy atom. The average molecular weight is 458 g/mol. The molecule has 3 aromatic rings. The summed E-state index contributed by atoms with van der Waals surface area (Å²) in [5, 5.41) is 5.71. The van der Waals surface area contributed by atoms with Crippen molar-refractivity contribution < 1.29 is 22.7 Å². The number of sulfonamides is 1. The van der Waals surface area contributed by atoms with E-state index < -0.39 is 15.9 Å². The number of nitrogens with one attached hydrogen (secondary N) is 3. The minimum absolute atomic E-state index is 0.000654. The molecule has 0 atom stereocenters. The SMILES string of the molecule is CC(=O)Nc1ccc(S(=O)(=O)Nc2ccc3c(c2)C(=O)Nc2cc(Cl)ccc2O3)cc1. The zero-order valence-corrected chi connectivity index (χ0v) is 17.7. The summed E-state index contributed by atoms with van der Waals surface area (Å²) < 4.78 is 33.7. The van der Waals surface area contributed by atoms with Gasteiger partial charge in [0, 0.05) is 23.3 Å². The van der Waals surface area contributed by atoms with Crippen LogP contribution in [0.25, 0.3) is 0 Å². The van der Waals surface area contributed by atoms with Crippen LogP contribution < -0.4 is 20.1 Å². The van der Waals surface area contributed by atoms with Crippen LogP contribution in [0.5, 0.6) is 11.5 Å². The number of halogens is 1. The fraction of sp³-hybridized carbons (Fsp3) is 0.0476. The summed E-state index contributed by atoms with van der Waals surface area (Å²) in [6.07, 6.45) is 0. The smallest absolute Gasteiger partial charge is 0.261 e. The Kier molecular flexibility index (Phi) is 5.30. The number of carbonyl (C=O) groups excluding carboxylic acids is 2. The summed E-state index contributed by atoms with van der Waals surface area (Å²) in [5.74, 6) is -0.0226. The summed E-state index contributed by atoms with van der Waals surface area (Å²) in [5.41, 5.74) is 1.24. The second kappa shape index (κ2) is 7.93. The van der Waals surface area contributed by atoms with Gasteiger partial charge < -0.3 is 15.4 Å². The van der Waals surface area contributed by atoms with Crippen molar-refractivity contribution in [1.29, 1.82) is 0 Å². The van der Waals surface area contributed by atoms with Gasteiger partial charge in [-0.05, 0) is 60.7 Å². The van der Waals surface area contributed by atoms with Crippen LogP contribution in [0.1, 0.15) is 17.3 Å². The highest BCUT2D eigenvalue weighted by Crippen LogP contribution is 2.38. The summed E-state index contributed by atoms with van der Waals surface area (Å²) in [4.78, 5) is 23.7. The van der Waals surface area contributed by atoms with Crippen molar-refractivity contribution in [2.45, 2.75) is 11.8 Å². The monoisotopic (exact) mass is 457 g/mol. The molecule has 3 N–H and O–H groups in total. The maximum Gasteiger partial charge on any atom is 0.261 e. The molecule has 3 aromatic carbocycles. The molecule has 0 fully saturated rings. The molecule has 0 saturated carbocycles. The molecule has 10 heteroatoms. The molecule has 1 heterocycles. The summed E-state index contributed by atoms with van der Waals surface area (Å²) in [6, 6.07) is 14.9. The molecule has 8 nitrogen and oxygen atoms in total. The lowest BCUT2D eigenvalue weighted by atomic mass is 10.1. The van der Waals surface area contributed by atoms with Gasteiger partial charge in [-0.25, -0.2) is 8.42 Å². The lowest BCUT2D eigenvalue weighted by molar-refractivity contribution is -0.114. The lowest BCUT2D eigenvalue weighted by Crippen LogP contribution is -2.15. The largest absolute Gasteiger partial charge is 0.454 e. The number of hydrogen-bond donors (Lipinski definition) is 3. The summed E-state index contributed by atoms with van der Waals surface area (Å²) in [7, 11) is -3.92. The van der Waals surface area contributed by atoms with Crippen LogP contribution in [0, 0.1) is 0 Å². The van der Waals surface area contributed by atoms with E-state index in [4.69, 9.17) is 16.3 Å². The van der Waals surface area contributed by atoms with Crippen molar-refractivity contribution in [3.05, 3.63) is 71.2 Å². The molecule has 0 radical (unpaired) electrons. The summed E-state index contributed by atoms with van der Waals surface area (Å²) in [6.45, 7) is 1.36. The van der Waals surface area contributed by atoms with E-state index in [0.717, 1.165) is 0 Å². The molecule has 0 spiro atoms. The van der Waals surface area contributed by atoms with E-state index in [1.54, 1.807) is 18.2 Å². The average Bonchev–Trinajstić information content (AvgIpc) is 2.83. The minimum atomic E-state index is -3.92. The number of hydrogen-bond acceptors (Lipinski definition) is 5. The van der Waals surface area contributed by atoms with Crippen molar-refractivity contribution in [3.8, 4) is 11.5 Å². The van der Waals surface area contributed by atoms with Crippen molar-refractivity contribution in [1.82, 2.24) is 0 Å². The normalized spacial score (nSPS) is 12.5. The number of benzene rings is 3. The van der Waals surface area contributed by atoms with Crippen molar-refractivity contribution >= 4 is 50.5 Å². The van der Waals surface area contributed by atoms with Gasteiger partial charge in [-0.3, -0.25) is 14.3 Å². The molecule has 0 saturated heterocycles. The third-order valence-corrected chi connectivity index (χ3v) is 6.00. The molecular formula is C21H16ClN3O5S. The minimum Gasteiger partial charge on any atom is -0.454 e. The Bertz CT molecular complexity index is 1310. The van der Waals surface area contributed by atoms with Crippen LogP contribution >= 0.6 is 11.6 Å². The number of carbonyl (C=O) groups is 2. The molecule has 0 aromatic heterocycles. The van der Waals surface area contributed by atoms with E-state index in [0.29, 0.717) is 22.1 Å². The fourth-order valence-electron chi connectivity index (χ4n) is 2.99. The molecule has 1 aliphatic rings. The van der Waals surface area contributed by atoms with Gasteiger partial charge in [0.2, 0.25) is 5.91 Å². The number of ether oxygens (including phenoxy) is 1. The lowest BCUT2D eigenvalue weighted by Gasteiger charge is -2.12. The Balaban J connectivity index is 1.59. The van der Waals surface area contributed by atoms with Gasteiger partial charge >= 0.3 is 0 Å². The molecule has 1 aliphatic heterocycles. The second-order valence-electron chi connectivity index (χ2n) is 6.72. The second-order valence-corrected chi connectivity index (χ2v) is 8.84. The molecular weight excluding hydrogens is 442 g/mol. The first-order valence-electron chi connectivity index (χ1n) is 9.04. The third-order valence-electron chi connectivity index (χ3n) is 4.37. The van der Waals surface area contributed by atoms with Crippen LogP contribution in [-0.4, -0.2) is 20.2 Å². The Labute approximate surface area is 183 Å². The van der Waals surface area contributed by atoms with Crippen LogP contribution in [0.15, 0.2) is 65.6 Å². The Hall–Kier alpha value is -3.56. The van der Waals surface area contributed by atoms with Gasteiger partial charge in [-0.2, -0.15) is 0 Å². The molecule has 31 heavy (non-hydrogen) atoms. The first kappa shape index (κ1) is 20.7. The topological polar surface area (TPSA) is 114 Å². The van der Waals surface area contributed by atoms with Crippen LogP contribution in [0.2, 0.25) is 5.02 Å². The number of fused-ring (bicyclic) bond motifs is 2. The molecule has 0 unspecified atom stereocenters. The van der Waals surface area contributed by atoms with Crippen LogP contribution in [0.3, 0.4) is 0 Å². The van der Waals surface area contributed by atoms with Gasteiger partial charge in [0.1, 0.15) is 5.75 Å². The number of amides is 2. The predicted molar refractivity (Wildman–Crippen MR) is 117 cm³/mol. The van der Waals surface area contributed by atoms with Crippen LogP contribution in [0.4, 0.5) is 17.1 Å². The van der Waals surface area contributed by atoms with Crippen LogP contribution in [-0.2, 0) is 14.8 Å². The summed E-state index contributed by atoms with van der Waals surface area (Å²) >= 11 is 5.98. The highest BCUT2D eigenvalue weighted by Gasteiger charge is 2.23. The number of anilines is 3. The molecule has 0 bridgehead atoms. The Morgan fingerprint density at radius 3 is 2.35 bits per heavy atom. The van der Waals surface area contributed by atoms with E-state index >= 15 is 0 Å². The van der Waals surface area contributed by atoms with Crippen molar-refractivity contribution in [2.75, 3.05) is 15.4 Å². The molecule has 4 rings (SSSR count). The van der Waals surface area contributed by atoms with Gasteiger partial charge in [0.25, 0.3) is 15.9 Å². The van der Waals surface area contributed by atoms with Gasteiger partial charge in [0.05, 0.1) is 16.1 Å².